The molecule has 2 aliphatic rings. The first-order chi connectivity index (χ1) is 16.0. The highest BCUT2D eigenvalue weighted by Crippen LogP contribution is 2.50. The van der Waals surface area contributed by atoms with Gasteiger partial charge in [-0.1, -0.05) is 29.5 Å². The van der Waals surface area contributed by atoms with Gasteiger partial charge in [-0.25, -0.2) is 4.79 Å². The van der Waals surface area contributed by atoms with Gasteiger partial charge in [0.2, 0.25) is 5.91 Å². The van der Waals surface area contributed by atoms with Crippen LogP contribution in [0.5, 0.6) is 5.75 Å². The van der Waals surface area contributed by atoms with Crippen LogP contribution in [0.2, 0.25) is 0 Å². The van der Waals surface area contributed by atoms with Crippen molar-refractivity contribution in [3.63, 3.8) is 0 Å². The van der Waals surface area contributed by atoms with Gasteiger partial charge >= 0.3 is 10.8 Å². The Bertz CT molecular complexity index is 1260. The number of ether oxygens (including phenoxy) is 2. The number of esters is 1. The van der Waals surface area contributed by atoms with Crippen LogP contribution < -0.4 is 14.9 Å². The molecule has 3 aromatic rings. The summed E-state index contributed by atoms with van der Waals surface area (Å²) in [6, 6.07) is 14.5. The molecular formula is C24H22N2O5S2. The topological polar surface area (TPSA) is 86.6 Å². The predicted molar refractivity (Wildman–Crippen MR) is 128 cm³/mol. The number of carbonyl (C=O) groups excluding carboxylic acids is 2. The third-order valence-electron chi connectivity index (χ3n) is 5.75. The summed E-state index contributed by atoms with van der Waals surface area (Å²) in [5, 5.41) is 3.68. The van der Waals surface area contributed by atoms with Crippen LogP contribution >= 0.6 is 23.1 Å². The van der Waals surface area contributed by atoms with Gasteiger partial charge in [-0.2, -0.15) is 0 Å². The third-order valence-corrected chi connectivity index (χ3v) is 8.25. The van der Waals surface area contributed by atoms with E-state index in [9.17, 15) is 14.4 Å². The summed E-state index contributed by atoms with van der Waals surface area (Å²) in [5.41, 5.74) is 2.08. The van der Waals surface area contributed by atoms with Crippen molar-refractivity contribution in [2.24, 2.45) is 5.92 Å². The molecule has 0 spiro atoms. The number of rotatable bonds is 5. The van der Waals surface area contributed by atoms with Crippen LogP contribution in [0.25, 0.3) is 0 Å². The number of amides is 1. The van der Waals surface area contributed by atoms with Crippen LogP contribution in [0.4, 0.5) is 5.69 Å². The lowest BCUT2D eigenvalue weighted by molar-refractivity contribution is -0.116. The molecule has 0 saturated carbocycles. The fourth-order valence-corrected chi connectivity index (χ4v) is 6.93. The van der Waals surface area contributed by atoms with E-state index in [-0.39, 0.29) is 23.2 Å². The second kappa shape index (κ2) is 9.07. The molecule has 2 atom stereocenters. The number of thioether (sulfide) groups is 1. The van der Waals surface area contributed by atoms with E-state index in [4.69, 9.17) is 9.47 Å². The van der Waals surface area contributed by atoms with Gasteiger partial charge in [-0.15, -0.1) is 11.8 Å². The fraction of sp³-hybridized carbons (Fsp3) is 0.292. The molecule has 0 aliphatic carbocycles. The number of fused-ring (bicyclic) bond motifs is 5. The molecule has 3 heterocycles. The summed E-state index contributed by atoms with van der Waals surface area (Å²) in [4.78, 5) is 38.3. The molecule has 7 nitrogen and oxygen atoms in total. The molecule has 33 heavy (non-hydrogen) atoms. The second-order valence-electron chi connectivity index (χ2n) is 7.87. The van der Waals surface area contributed by atoms with E-state index in [1.807, 2.05) is 18.2 Å². The SMILES string of the molecule is CCOC(=O)c1ccc(NC(=O)Cn2c3c(sc2=O)[C@H]2c4ccccc4OC[C@H]2CS3)cc1. The van der Waals surface area contributed by atoms with Crippen molar-refractivity contribution in [1.82, 2.24) is 4.57 Å². The second-order valence-corrected chi connectivity index (χ2v) is 9.87. The van der Waals surface area contributed by atoms with Crippen LogP contribution in [-0.4, -0.2) is 35.4 Å². The van der Waals surface area contributed by atoms with E-state index >= 15 is 0 Å². The number of hydrogen-bond acceptors (Lipinski definition) is 7. The maximum Gasteiger partial charge on any atom is 0.338 e. The monoisotopic (exact) mass is 482 g/mol. The van der Waals surface area contributed by atoms with Crippen molar-refractivity contribution in [2.45, 2.75) is 24.4 Å². The van der Waals surface area contributed by atoms with Crippen LogP contribution in [-0.2, 0) is 16.1 Å². The first-order valence-corrected chi connectivity index (χ1v) is 12.5. The van der Waals surface area contributed by atoms with Crippen LogP contribution in [0.3, 0.4) is 0 Å². The van der Waals surface area contributed by atoms with Crippen LogP contribution in [0.1, 0.15) is 33.6 Å². The number of aromatic nitrogens is 1. The van der Waals surface area contributed by atoms with Gasteiger partial charge < -0.3 is 14.8 Å². The van der Waals surface area contributed by atoms with Gasteiger partial charge in [-0.05, 0) is 37.3 Å². The van der Waals surface area contributed by atoms with Gasteiger partial charge in [0.25, 0.3) is 0 Å². The molecule has 2 aromatic carbocycles. The van der Waals surface area contributed by atoms with E-state index in [1.54, 1.807) is 47.5 Å². The molecule has 2 aliphatic heterocycles. The lowest BCUT2D eigenvalue weighted by Gasteiger charge is -2.36. The highest BCUT2D eigenvalue weighted by Gasteiger charge is 2.39. The Labute approximate surface area is 198 Å². The quantitative estimate of drug-likeness (QED) is 0.554. The average Bonchev–Trinajstić information content (AvgIpc) is 3.14. The zero-order valence-corrected chi connectivity index (χ0v) is 19.5. The van der Waals surface area contributed by atoms with E-state index < -0.39 is 5.97 Å². The van der Waals surface area contributed by atoms with Crippen LogP contribution in [0, 0.1) is 5.92 Å². The molecule has 0 radical (unpaired) electrons. The van der Waals surface area contributed by atoms with E-state index in [0.29, 0.717) is 30.4 Å². The summed E-state index contributed by atoms with van der Waals surface area (Å²) in [5.74, 6) is 1.42. The number of hydrogen-bond donors (Lipinski definition) is 1. The molecule has 1 aromatic heterocycles. The number of benzene rings is 2. The van der Waals surface area contributed by atoms with Crippen molar-refractivity contribution >= 4 is 40.7 Å². The Morgan fingerprint density at radius 3 is 2.76 bits per heavy atom. The Kier molecular flexibility index (Phi) is 5.99. The summed E-state index contributed by atoms with van der Waals surface area (Å²) in [7, 11) is 0. The first-order valence-electron chi connectivity index (χ1n) is 10.7. The van der Waals surface area contributed by atoms with Gasteiger partial charge in [0.1, 0.15) is 12.3 Å². The van der Waals surface area contributed by atoms with Gasteiger partial charge in [0, 0.05) is 33.7 Å². The highest BCUT2D eigenvalue weighted by atomic mass is 32.2. The number of para-hydroxylation sites is 1. The fourth-order valence-electron chi connectivity index (χ4n) is 4.24. The van der Waals surface area contributed by atoms with E-state index in [1.165, 1.54) is 11.3 Å². The predicted octanol–water partition coefficient (Wildman–Crippen LogP) is 3.97. The minimum absolute atomic E-state index is 0.0627. The molecule has 0 saturated heterocycles. The Morgan fingerprint density at radius 2 is 1.97 bits per heavy atom. The maximum absolute atomic E-state index is 12.9. The number of carbonyl (C=O) groups is 2. The molecule has 1 amide bonds. The Balaban J connectivity index is 1.35. The number of nitrogens with zero attached hydrogens (tertiary/aromatic N) is 1. The minimum Gasteiger partial charge on any atom is -0.493 e. The molecule has 0 fully saturated rings. The van der Waals surface area contributed by atoms with Crippen molar-refractivity contribution in [1.29, 1.82) is 0 Å². The van der Waals surface area contributed by atoms with Crippen molar-refractivity contribution in [2.75, 3.05) is 24.3 Å². The Hall–Kier alpha value is -3.04. The number of anilines is 1. The summed E-state index contributed by atoms with van der Waals surface area (Å²) in [6.07, 6.45) is 0. The number of thiazole rings is 1. The summed E-state index contributed by atoms with van der Waals surface area (Å²) in [6.45, 7) is 2.61. The molecular weight excluding hydrogens is 460 g/mol. The number of nitrogens with one attached hydrogen (secondary N) is 1. The summed E-state index contributed by atoms with van der Waals surface area (Å²) < 4.78 is 12.5. The van der Waals surface area contributed by atoms with Gasteiger partial charge in [0.05, 0.1) is 23.8 Å². The molecule has 1 N–H and O–H groups in total. The smallest absolute Gasteiger partial charge is 0.338 e. The lowest BCUT2D eigenvalue weighted by atomic mass is 9.84. The lowest BCUT2D eigenvalue weighted by Crippen LogP contribution is -2.31. The standard InChI is InChI=1S/C24H22N2O5S2/c1-2-30-23(28)14-7-9-16(10-8-14)25-19(27)11-26-22-21(33-24(26)29)20-15(13-32-22)12-31-18-6-4-3-5-17(18)20/h3-10,15,20H,2,11-13H2,1H3,(H,25,27)/t15-,20+/m0/s1. The van der Waals surface area contributed by atoms with E-state index in [2.05, 4.69) is 11.4 Å². The first kappa shape index (κ1) is 21.8. The van der Waals surface area contributed by atoms with Gasteiger partial charge in [-0.3, -0.25) is 14.2 Å². The van der Waals surface area contributed by atoms with Crippen molar-refractivity contribution in [3.8, 4) is 5.75 Å². The average molecular weight is 483 g/mol. The third kappa shape index (κ3) is 4.18. The van der Waals surface area contributed by atoms with Crippen molar-refractivity contribution < 1.29 is 19.1 Å². The Morgan fingerprint density at radius 1 is 1.18 bits per heavy atom. The molecule has 5 rings (SSSR count). The maximum atomic E-state index is 12.9. The normalized spacial score (nSPS) is 18.3. The largest absolute Gasteiger partial charge is 0.493 e. The van der Waals surface area contributed by atoms with E-state index in [0.717, 1.165) is 27.0 Å². The minimum atomic E-state index is -0.406. The molecule has 0 bridgehead atoms. The summed E-state index contributed by atoms with van der Waals surface area (Å²) >= 11 is 2.84. The van der Waals surface area contributed by atoms with Crippen molar-refractivity contribution in [3.05, 3.63) is 74.2 Å². The zero-order chi connectivity index (χ0) is 22.9. The zero-order valence-electron chi connectivity index (χ0n) is 17.9. The highest BCUT2D eigenvalue weighted by molar-refractivity contribution is 7.99. The molecule has 9 heteroatoms. The van der Waals surface area contributed by atoms with Gasteiger partial charge in [0.15, 0.2) is 0 Å². The molecule has 170 valence electrons. The van der Waals surface area contributed by atoms with Crippen LogP contribution in [0.15, 0.2) is 58.4 Å². The molecule has 0 unspecified atom stereocenters.